The predicted molar refractivity (Wildman–Crippen MR) is 151 cm³/mol. The predicted octanol–water partition coefficient (Wildman–Crippen LogP) is 1.97. The zero-order valence-electron chi connectivity index (χ0n) is 23.3. The molecule has 0 aromatic heterocycles. The summed E-state index contributed by atoms with van der Waals surface area (Å²) in [6, 6.07) is 4.98. The highest BCUT2D eigenvalue weighted by atomic mass is 32.2. The maximum Gasteiger partial charge on any atom is 0.242 e. The van der Waals surface area contributed by atoms with Gasteiger partial charge in [0.15, 0.2) is 21.3 Å². The normalized spacial score (nSPS) is 19.7. The summed E-state index contributed by atoms with van der Waals surface area (Å²) in [5, 5.41) is 8.69. The fraction of sp³-hybridized carbons (Fsp3) is 0.464. The molecule has 2 aliphatic rings. The Labute approximate surface area is 233 Å². The number of amides is 2. The minimum absolute atomic E-state index is 0.0433. The number of fused-ring (bicyclic) bond motifs is 3. The lowest BCUT2D eigenvalue weighted by Gasteiger charge is -2.19. The first kappa shape index (κ1) is 29.2. The Kier molecular flexibility index (Phi) is 8.57. The van der Waals surface area contributed by atoms with Crippen molar-refractivity contribution >= 4 is 27.3 Å². The van der Waals surface area contributed by atoms with Crippen molar-refractivity contribution in [3.63, 3.8) is 0 Å². The second-order valence-corrected chi connectivity index (χ2v) is 12.3. The van der Waals surface area contributed by atoms with Crippen LogP contribution in [-0.4, -0.2) is 65.2 Å². The third-order valence-electron chi connectivity index (χ3n) is 7.26. The first-order valence-electron chi connectivity index (χ1n) is 13.0. The molecule has 0 saturated carbocycles. The van der Waals surface area contributed by atoms with Crippen molar-refractivity contribution < 1.29 is 32.2 Å². The van der Waals surface area contributed by atoms with Crippen LogP contribution in [0.3, 0.4) is 0 Å². The Bertz CT molecular complexity index is 1490. The van der Waals surface area contributed by atoms with Gasteiger partial charge in [0.1, 0.15) is 6.04 Å². The molecule has 4 rings (SSSR count). The average Bonchev–Trinajstić information content (AvgIpc) is 3.08. The maximum absolute atomic E-state index is 13.5. The van der Waals surface area contributed by atoms with Crippen LogP contribution in [0.4, 0.5) is 5.69 Å². The quantitative estimate of drug-likeness (QED) is 0.431. The molecule has 3 atom stereocenters. The number of aryl methyl sites for hydroxylation is 1. The van der Waals surface area contributed by atoms with Gasteiger partial charge in [-0.1, -0.05) is 6.07 Å². The minimum atomic E-state index is -3.15. The van der Waals surface area contributed by atoms with Gasteiger partial charge in [0.05, 0.1) is 44.6 Å². The van der Waals surface area contributed by atoms with E-state index in [1.54, 1.807) is 26.2 Å². The van der Waals surface area contributed by atoms with Crippen LogP contribution in [0.2, 0.25) is 0 Å². The molecule has 12 heteroatoms. The number of carbonyl (C=O) groups excluding carboxylic acids is 2. The molecule has 1 aliphatic carbocycles. The number of nitrogens with one attached hydrogen (secondary N) is 3. The van der Waals surface area contributed by atoms with E-state index in [0.29, 0.717) is 47.6 Å². The Balaban J connectivity index is 1.78. The smallest absolute Gasteiger partial charge is 0.242 e. The Morgan fingerprint density at radius 3 is 2.33 bits per heavy atom. The number of rotatable bonds is 8. The van der Waals surface area contributed by atoms with E-state index < -0.39 is 33.9 Å². The van der Waals surface area contributed by atoms with Crippen molar-refractivity contribution in [2.75, 3.05) is 38.2 Å². The van der Waals surface area contributed by atoms with Gasteiger partial charge in [0.25, 0.3) is 0 Å². The van der Waals surface area contributed by atoms with Gasteiger partial charge in [-0.3, -0.25) is 14.4 Å². The number of methoxy groups -OCH3 is 3. The van der Waals surface area contributed by atoms with Crippen molar-refractivity contribution in [2.45, 2.75) is 51.2 Å². The zero-order valence-corrected chi connectivity index (χ0v) is 24.1. The molecule has 40 heavy (non-hydrogen) atoms. The van der Waals surface area contributed by atoms with E-state index in [-0.39, 0.29) is 28.5 Å². The lowest BCUT2D eigenvalue weighted by molar-refractivity contribution is -0.122. The van der Waals surface area contributed by atoms with E-state index in [4.69, 9.17) is 14.2 Å². The second-order valence-electron chi connectivity index (χ2n) is 10.1. The Hall–Kier alpha value is -3.80. The van der Waals surface area contributed by atoms with E-state index >= 15 is 0 Å². The van der Waals surface area contributed by atoms with Crippen LogP contribution in [0.25, 0.3) is 11.1 Å². The number of sulfone groups is 1. The number of anilines is 1. The molecule has 2 aromatic rings. The fourth-order valence-corrected chi connectivity index (χ4v) is 7.03. The molecular weight excluding hydrogens is 538 g/mol. The summed E-state index contributed by atoms with van der Waals surface area (Å²) in [6.45, 7) is 3.03. The number of benzene rings is 1. The Morgan fingerprint density at radius 2 is 1.73 bits per heavy atom. The molecule has 3 N–H and O–H groups in total. The standard InChI is InChI=1S/C28H35N3O8S/c1-15(28(34)31-18-10-11-40(35,36)14-18)29-22-9-7-19-20(13-23(22)33)21(30-16(2)32)8-6-17-12-24(37-3)26(38-4)27(39-5)25(17)19/h7,9,12-13,15,18,21H,6,8,10-11,14H2,1-5H3,(H,29,33)(H,30,32)(H,31,34)/t15-,18?,21-/m1/s1. The summed E-state index contributed by atoms with van der Waals surface area (Å²) in [7, 11) is 1.43. The molecule has 2 amide bonds. The average molecular weight is 574 g/mol. The van der Waals surface area contributed by atoms with Crippen molar-refractivity contribution in [3.05, 3.63) is 45.6 Å². The minimum Gasteiger partial charge on any atom is -0.493 e. The lowest BCUT2D eigenvalue weighted by Crippen LogP contribution is -2.44. The third-order valence-corrected chi connectivity index (χ3v) is 9.03. The number of carbonyl (C=O) groups is 2. The van der Waals surface area contributed by atoms with E-state index in [1.807, 2.05) is 6.07 Å². The molecule has 216 valence electrons. The highest BCUT2D eigenvalue weighted by Crippen LogP contribution is 2.50. The van der Waals surface area contributed by atoms with E-state index in [2.05, 4.69) is 16.0 Å². The van der Waals surface area contributed by atoms with Crippen LogP contribution < -0.4 is 35.6 Å². The van der Waals surface area contributed by atoms with Crippen molar-refractivity contribution in [1.82, 2.24) is 10.6 Å². The zero-order chi connectivity index (χ0) is 29.2. The van der Waals surface area contributed by atoms with Crippen LogP contribution in [0.5, 0.6) is 17.2 Å². The summed E-state index contributed by atoms with van der Waals surface area (Å²) < 4.78 is 40.5. The molecule has 0 spiro atoms. The molecule has 1 unspecified atom stereocenters. The number of hydrogen-bond acceptors (Lipinski definition) is 9. The van der Waals surface area contributed by atoms with Crippen LogP contribution in [0, 0.1) is 0 Å². The molecule has 1 saturated heterocycles. The molecular formula is C28H35N3O8S. The largest absolute Gasteiger partial charge is 0.493 e. The van der Waals surface area contributed by atoms with Crippen LogP contribution in [0.15, 0.2) is 29.1 Å². The van der Waals surface area contributed by atoms with E-state index in [0.717, 1.165) is 11.1 Å². The van der Waals surface area contributed by atoms with Gasteiger partial charge in [-0.2, -0.15) is 0 Å². The molecule has 2 aromatic carbocycles. The first-order chi connectivity index (χ1) is 19.0. The maximum atomic E-state index is 13.5. The van der Waals surface area contributed by atoms with Gasteiger partial charge in [0, 0.05) is 18.5 Å². The summed E-state index contributed by atoms with van der Waals surface area (Å²) in [4.78, 5) is 38.4. The van der Waals surface area contributed by atoms with Gasteiger partial charge in [-0.05, 0) is 61.1 Å². The monoisotopic (exact) mass is 573 g/mol. The number of ether oxygens (including phenoxy) is 3. The van der Waals surface area contributed by atoms with Gasteiger partial charge >= 0.3 is 0 Å². The van der Waals surface area contributed by atoms with Crippen molar-refractivity contribution in [3.8, 4) is 28.4 Å². The Morgan fingerprint density at radius 1 is 1.00 bits per heavy atom. The van der Waals surface area contributed by atoms with Crippen LogP contribution in [-0.2, 0) is 25.8 Å². The third kappa shape index (κ3) is 6.01. The van der Waals surface area contributed by atoms with Gasteiger partial charge < -0.3 is 30.2 Å². The molecule has 1 fully saturated rings. The summed E-state index contributed by atoms with van der Waals surface area (Å²) in [5.41, 5.74) is 2.70. The van der Waals surface area contributed by atoms with Crippen molar-refractivity contribution in [2.24, 2.45) is 0 Å². The molecule has 11 nitrogen and oxygen atoms in total. The first-order valence-corrected chi connectivity index (χ1v) is 14.8. The van der Waals surface area contributed by atoms with Crippen LogP contribution in [0.1, 0.15) is 43.9 Å². The van der Waals surface area contributed by atoms with Gasteiger partial charge in [-0.15, -0.1) is 0 Å². The van der Waals surface area contributed by atoms with Gasteiger partial charge in [0.2, 0.25) is 23.0 Å². The fourth-order valence-electron chi connectivity index (χ4n) is 5.36. The second kappa shape index (κ2) is 11.7. The van der Waals surface area contributed by atoms with E-state index in [1.165, 1.54) is 27.2 Å². The molecule has 0 radical (unpaired) electrons. The molecule has 1 aliphatic heterocycles. The summed E-state index contributed by atoms with van der Waals surface area (Å²) >= 11 is 0. The topological polar surface area (TPSA) is 149 Å². The summed E-state index contributed by atoms with van der Waals surface area (Å²) in [6.07, 6.45) is 1.46. The number of hydrogen-bond donors (Lipinski definition) is 3. The lowest BCUT2D eigenvalue weighted by atomic mass is 9.95. The molecule has 1 heterocycles. The summed E-state index contributed by atoms with van der Waals surface area (Å²) in [5.74, 6) is 0.648. The van der Waals surface area contributed by atoms with Crippen LogP contribution >= 0.6 is 0 Å². The van der Waals surface area contributed by atoms with Gasteiger partial charge in [-0.25, -0.2) is 8.42 Å². The van der Waals surface area contributed by atoms with E-state index in [9.17, 15) is 22.8 Å². The SMILES string of the molecule is COc1cc2c(c(OC)c1OC)-c1ccc(N[C@H](C)C(=O)NC3CCS(=O)(=O)C3)c(=O)cc1[C@H](NC(C)=O)CC2. The highest BCUT2D eigenvalue weighted by molar-refractivity contribution is 7.91. The highest BCUT2D eigenvalue weighted by Gasteiger charge is 2.31. The van der Waals surface area contributed by atoms with Crippen molar-refractivity contribution in [1.29, 1.82) is 0 Å². The molecule has 0 bridgehead atoms.